The number of hydrogen-bond acceptors (Lipinski definition) is 5. The Kier molecular flexibility index (Phi) is 3.64. The molecule has 2 fully saturated rings. The van der Waals surface area contributed by atoms with Gasteiger partial charge >= 0.3 is 5.97 Å². The van der Waals surface area contributed by atoms with Gasteiger partial charge in [0.2, 0.25) is 0 Å². The van der Waals surface area contributed by atoms with Gasteiger partial charge in [0.05, 0.1) is 25.3 Å². The van der Waals surface area contributed by atoms with Crippen molar-refractivity contribution in [1.29, 1.82) is 5.26 Å². The van der Waals surface area contributed by atoms with Gasteiger partial charge in [-0.3, -0.25) is 4.79 Å². The molecule has 2 rings (SSSR count). The SMILES string of the molecule is CC(=O)OC=C(C#N)N1C2CCCC1COC2. The van der Waals surface area contributed by atoms with Crippen LogP contribution in [0.2, 0.25) is 0 Å². The summed E-state index contributed by atoms with van der Waals surface area (Å²) in [6, 6.07) is 2.59. The van der Waals surface area contributed by atoms with Gasteiger partial charge in [-0.25, -0.2) is 0 Å². The number of carbonyl (C=O) groups excluding carboxylic acids is 1. The summed E-state index contributed by atoms with van der Waals surface area (Å²) in [5, 5.41) is 9.15. The van der Waals surface area contributed by atoms with Crippen LogP contribution in [0.1, 0.15) is 26.2 Å². The number of rotatable bonds is 2. The number of piperidine rings is 1. The zero-order valence-corrected chi connectivity index (χ0v) is 9.89. The van der Waals surface area contributed by atoms with E-state index in [1.807, 2.05) is 0 Å². The Bertz CT molecular complexity index is 350. The molecule has 0 aromatic rings. The average molecular weight is 236 g/mol. The molecule has 2 saturated heterocycles. The van der Waals surface area contributed by atoms with Crippen LogP contribution in [0.3, 0.4) is 0 Å². The molecule has 2 aliphatic heterocycles. The maximum absolute atomic E-state index is 10.8. The molecule has 2 aliphatic rings. The van der Waals surface area contributed by atoms with Crippen LogP contribution >= 0.6 is 0 Å². The molecule has 2 heterocycles. The smallest absolute Gasteiger partial charge is 0.307 e. The Morgan fingerprint density at radius 1 is 1.47 bits per heavy atom. The predicted octanol–water partition coefficient (Wildman–Crippen LogP) is 1.17. The first-order chi connectivity index (χ1) is 8.22. The fourth-order valence-corrected chi connectivity index (χ4v) is 2.51. The molecule has 0 aromatic heterocycles. The van der Waals surface area contributed by atoms with Crippen LogP contribution in [-0.2, 0) is 14.3 Å². The zero-order chi connectivity index (χ0) is 12.3. The Balaban J connectivity index is 2.15. The molecule has 2 bridgehead atoms. The van der Waals surface area contributed by atoms with E-state index in [2.05, 4.69) is 11.0 Å². The number of nitrogens with zero attached hydrogens (tertiary/aromatic N) is 2. The zero-order valence-electron chi connectivity index (χ0n) is 9.89. The van der Waals surface area contributed by atoms with Crippen LogP contribution in [0.5, 0.6) is 0 Å². The Morgan fingerprint density at radius 2 is 2.12 bits per heavy atom. The maximum atomic E-state index is 10.8. The lowest BCUT2D eigenvalue weighted by Gasteiger charge is -2.46. The molecule has 0 aliphatic carbocycles. The lowest BCUT2D eigenvalue weighted by molar-refractivity contribution is -0.135. The summed E-state index contributed by atoms with van der Waals surface area (Å²) in [6.07, 6.45) is 4.48. The van der Waals surface area contributed by atoms with Crippen LogP contribution in [0, 0.1) is 11.3 Å². The van der Waals surface area contributed by atoms with Crippen LogP contribution in [0.4, 0.5) is 0 Å². The van der Waals surface area contributed by atoms with Gasteiger partial charge in [0, 0.05) is 6.92 Å². The van der Waals surface area contributed by atoms with Crippen molar-refractivity contribution in [3.8, 4) is 6.07 Å². The first kappa shape index (κ1) is 11.9. The second-order valence-electron chi connectivity index (χ2n) is 4.41. The Hall–Kier alpha value is -1.54. The van der Waals surface area contributed by atoms with Gasteiger partial charge in [0.15, 0.2) is 5.70 Å². The average Bonchev–Trinajstić information content (AvgIpc) is 2.29. The van der Waals surface area contributed by atoms with Gasteiger partial charge in [-0.05, 0) is 19.3 Å². The number of allylic oxidation sites excluding steroid dienone is 1. The highest BCUT2D eigenvalue weighted by Gasteiger charge is 2.36. The summed E-state index contributed by atoms with van der Waals surface area (Å²) in [5.41, 5.74) is 0.429. The van der Waals surface area contributed by atoms with Gasteiger partial charge in [0.25, 0.3) is 0 Å². The Labute approximate surface area is 101 Å². The van der Waals surface area contributed by atoms with Gasteiger partial charge in [-0.15, -0.1) is 0 Å². The van der Waals surface area contributed by atoms with Crippen LogP contribution in [-0.4, -0.2) is 36.2 Å². The molecule has 17 heavy (non-hydrogen) atoms. The first-order valence-electron chi connectivity index (χ1n) is 5.86. The van der Waals surface area contributed by atoms with Crippen LogP contribution in [0.15, 0.2) is 12.0 Å². The van der Waals surface area contributed by atoms with Crippen molar-refractivity contribution in [2.24, 2.45) is 0 Å². The minimum Gasteiger partial charge on any atom is -0.432 e. The number of carbonyl (C=O) groups is 1. The van der Waals surface area contributed by atoms with Crippen molar-refractivity contribution in [3.63, 3.8) is 0 Å². The topological polar surface area (TPSA) is 62.6 Å². The number of hydrogen-bond donors (Lipinski definition) is 0. The van der Waals surface area contributed by atoms with Crippen molar-refractivity contribution >= 4 is 5.97 Å². The third-order valence-electron chi connectivity index (χ3n) is 3.21. The van der Waals surface area contributed by atoms with E-state index in [1.54, 1.807) is 0 Å². The highest BCUT2D eigenvalue weighted by Crippen LogP contribution is 2.30. The summed E-state index contributed by atoms with van der Waals surface area (Å²) in [4.78, 5) is 12.8. The molecule has 92 valence electrons. The maximum Gasteiger partial charge on any atom is 0.307 e. The molecule has 2 atom stereocenters. The fourth-order valence-electron chi connectivity index (χ4n) is 2.51. The quantitative estimate of drug-likeness (QED) is 0.409. The number of fused-ring (bicyclic) bond motifs is 2. The number of ether oxygens (including phenoxy) is 2. The number of esters is 1. The highest BCUT2D eigenvalue weighted by atomic mass is 16.5. The molecule has 0 aromatic carbocycles. The van der Waals surface area contributed by atoms with Gasteiger partial charge in [-0.1, -0.05) is 0 Å². The number of morpholine rings is 1. The largest absolute Gasteiger partial charge is 0.432 e. The van der Waals surface area contributed by atoms with E-state index in [0.717, 1.165) is 12.8 Å². The number of nitriles is 1. The van der Waals surface area contributed by atoms with Gasteiger partial charge in [0.1, 0.15) is 12.3 Å². The van der Waals surface area contributed by atoms with Gasteiger partial charge < -0.3 is 14.4 Å². The minimum absolute atomic E-state index is 0.240. The van der Waals surface area contributed by atoms with Crippen LogP contribution in [0.25, 0.3) is 0 Å². The van der Waals surface area contributed by atoms with Crippen molar-refractivity contribution < 1.29 is 14.3 Å². The van der Waals surface area contributed by atoms with Gasteiger partial charge in [-0.2, -0.15) is 5.26 Å². The molecule has 0 spiro atoms. The molecule has 0 radical (unpaired) electrons. The third kappa shape index (κ3) is 2.59. The summed E-state index contributed by atoms with van der Waals surface area (Å²) >= 11 is 0. The summed E-state index contributed by atoms with van der Waals surface area (Å²) in [6.45, 7) is 2.62. The molecule has 2 unspecified atom stereocenters. The van der Waals surface area contributed by atoms with E-state index in [9.17, 15) is 4.79 Å². The monoisotopic (exact) mass is 236 g/mol. The third-order valence-corrected chi connectivity index (χ3v) is 3.21. The second kappa shape index (κ2) is 5.19. The minimum atomic E-state index is -0.406. The first-order valence-corrected chi connectivity index (χ1v) is 5.86. The second-order valence-corrected chi connectivity index (χ2v) is 4.41. The van der Waals surface area contributed by atoms with E-state index < -0.39 is 5.97 Å². The Morgan fingerprint density at radius 3 is 2.65 bits per heavy atom. The molecule has 5 nitrogen and oxygen atoms in total. The van der Waals surface area contributed by atoms with Crippen molar-refractivity contribution in [2.75, 3.05) is 13.2 Å². The van der Waals surface area contributed by atoms with Crippen molar-refractivity contribution in [2.45, 2.75) is 38.3 Å². The lowest BCUT2D eigenvalue weighted by atomic mass is 9.94. The van der Waals surface area contributed by atoms with E-state index in [4.69, 9.17) is 14.7 Å². The van der Waals surface area contributed by atoms with Crippen molar-refractivity contribution in [3.05, 3.63) is 12.0 Å². The lowest BCUT2D eigenvalue weighted by Crippen LogP contribution is -2.53. The molecule has 0 amide bonds. The fraction of sp³-hybridized carbons (Fsp3) is 0.667. The normalized spacial score (nSPS) is 28.5. The van der Waals surface area contributed by atoms with E-state index in [-0.39, 0.29) is 12.1 Å². The summed E-state index contributed by atoms with van der Waals surface area (Å²) in [7, 11) is 0. The van der Waals surface area contributed by atoms with E-state index in [1.165, 1.54) is 19.6 Å². The molecule has 0 N–H and O–H groups in total. The van der Waals surface area contributed by atoms with E-state index in [0.29, 0.717) is 18.9 Å². The molecule has 5 heteroatoms. The summed E-state index contributed by atoms with van der Waals surface area (Å²) < 4.78 is 10.3. The molecular formula is C12H16N2O3. The molecule has 0 saturated carbocycles. The highest BCUT2D eigenvalue weighted by molar-refractivity contribution is 5.66. The van der Waals surface area contributed by atoms with Crippen molar-refractivity contribution in [1.82, 2.24) is 4.90 Å². The standard InChI is InChI=1S/C12H16N2O3/c1-9(15)17-8-12(5-13)14-10-3-2-4-11(14)7-16-6-10/h8,10-11H,2-4,6-7H2,1H3. The summed E-state index contributed by atoms with van der Waals surface area (Å²) in [5.74, 6) is -0.406. The predicted molar refractivity (Wildman–Crippen MR) is 59.5 cm³/mol. The molecular weight excluding hydrogens is 220 g/mol. The van der Waals surface area contributed by atoms with E-state index >= 15 is 0 Å². The van der Waals surface area contributed by atoms with Crippen LogP contribution < -0.4 is 0 Å².